The second-order valence-corrected chi connectivity index (χ2v) is 5.39. The molecule has 1 aliphatic rings. The van der Waals surface area contributed by atoms with Gasteiger partial charge in [-0.3, -0.25) is 4.79 Å². The maximum Gasteiger partial charge on any atom is 0.224 e. The molecule has 3 nitrogen and oxygen atoms in total. The third-order valence-corrected chi connectivity index (χ3v) is 3.75. The Morgan fingerprint density at radius 2 is 2.05 bits per heavy atom. The first-order valence-corrected chi connectivity index (χ1v) is 6.76. The van der Waals surface area contributed by atoms with E-state index >= 15 is 0 Å². The average Bonchev–Trinajstić information content (AvgIpc) is 2.89. The van der Waals surface area contributed by atoms with Crippen molar-refractivity contribution in [1.29, 1.82) is 0 Å². The fourth-order valence-corrected chi connectivity index (χ4v) is 2.52. The molecule has 1 aliphatic heterocycles. The van der Waals surface area contributed by atoms with Crippen molar-refractivity contribution in [1.82, 2.24) is 10.6 Å². The fourth-order valence-electron chi connectivity index (χ4n) is 2.52. The van der Waals surface area contributed by atoms with Crippen LogP contribution in [0.3, 0.4) is 0 Å². The molecule has 0 spiro atoms. The molecule has 1 aromatic rings. The van der Waals surface area contributed by atoms with Gasteiger partial charge in [-0.1, -0.05) is 12.1 Å². The van der Waals surface area contributed by atoms with Crippen molar-refractivity contribution in [3.63, 3.8) is 0 Å². The lowest BCUT2D eigenvalue weighted by molar-refractivity contribution is -0.125. The van der Waals surface area contributed by atoms with Gasteiger partial charge in [0.15, 0.2) is 0 Å². The Balaban J connectivity index is 2.07. The van der Waals surface area contributed by atoms with Gasteiger partial charge in [-0.25, -0.2) is 4.39 Å². The van der Waals surface area contributed by atoms with Crippen LogP contribution in [0.1, 0.15) is 36.1 Å². The van der Waals surface area contributed by atoms with E-state index in [1.165, 1.54) is 0 Å². The highest BCUT2D eigenvalue weighted by atomic mass is 19.1. The summed E-state index contributed by atoms with van der Waals surface area (Å²) >= 11 is 0. The highest BCUT2D eigenvalue weighted by Gasteiger charge is 2.23. The first kappa shape index (κ1) is 14.0. The van der Waals surface area contributed by atoms with Crippen molar-refractivity contribution in [3.05, 3.63) is 34.6 Å². The van der Waals surface area contributed by atoms with Crippen LogP contribution in [0.25, 0.3) is 0 Å². The van der Waals surface area contributed by atoms with Gasteiger partial charge in [-0.05, 0) is 50.4 Å². The molecule has 1 aromatic carbocycles. The topological polar surface area (TPSA) is 41.1 Å². The van der Waals surface area contributed by atoms with Crippen molar-refractivity contribution in [2.24, 2.45) is 5.92 Å². The Bertz CT molecular complexity index is 458. The molecule has 0 aromatic heterocycles. The maximum absolute atomic E-state index is 13.6. The number of hydrogen-bond acceptors (Lipinski definition) is 2. The molecule has 4 heteroatoms. The number of halogens is 1. The van der Waals surface area contributed by atoms with Crippen LogP contribution < -0.4 is 10.6 Å². The summed E-state index contributed by atoms with van der Waals surface area (Å²) < 4.78 is 13.6. The van der Waals surface area contributed by atoms with Crippen LogP contribution in [0.4, 0.5) is 4.39 Å². The first-order chi connectivity index (χ1) is 8.99. The lowest BCUT2D eigenvalue weighted by Gasteiger charge is -2.18. The Morgan fingerprint density at radius 1 is 1.42 bits per heavy atom. The molecule has 104 valence electrons. The molecule has 2 unspecified atom stereocenters. The monoisotopic (exact) mass is 264 g/mol. The van der Waals surface area contributed by atoms with Crippen LogP contribution in [-0.2, 0) is 4.79 Å². The van der Waals surface area contributed by atoms with Gasteiger partial charge in [0.2, 0.25) is 5.91 Å². The van der Waals surface area contributed by atoms with Gasteiger partial charge >= 0.3 is 0 Å². The van der Waals surface area contributed by atoms with Gasteiger partial charge in [0.1, 0.15) is 5.82 Å². The third-order valence-electron chi connectivity index (χ3n) is 3.75. The number of aryl methyl sites for hydroxylation is 2. The number of rotatable bonds is 3. The highest BCUT2D eigenvalue weighted by molar-refractivity contribution is 5.79. The van der Waals surface area contributed by atoms with E-state index in [-0.39, 0.29) is 23.7 Å². The van der Waals surface area contributed by atoms with Crippen molar-refractivity contribution < 1.29 is 9.18 Å². The highest BCUT2D eigenvalue weighted by Crippen LogP contribution is 2.20. The van der Waals surface area contributed by atoms with E-state index in [9.17, 15) is 9.18 Å². The van der Waals surface area contributed by atoms with Crippen LogP contribution in [0, 0.1) is 25.6 Å². The summed E-state index contributed by atoms with van der Waals surface area (Å²) in [6, 6.07) is 3.52. The maximum atomic E-state index is 13.6. The van der Waals surface area contributed by atoms with E-state index in [4.69, 9.17) is 0 Å². The normalized spacial score (nSPS) is 20.3. The van der Waals surface area contributed by atoms with Gasteiger partial charge in [-0.2, -0.15) is 0 Å². The molecule has 1 amide bonds. The molecule has 0 saturated carbocycles. The van der Waals surface area contributed by atoms with Crippen LogP contribution in [0.2, 0.25) is 0 Å². The minimum Gasteiger partial charge on any atom is -0.349 e. The Morgan fingerprint density at radius 3 is 2.58 bits per heavy atom. The second-order valence-electron chi connectivity index (χ2n) is 5.39. The molecule has 2 N–H and O–H groups in total. The van der Waals surface area contributed by atoms with E-state index in [2.05, 4.69) is 10.6 Å². The zero-order valence-electron chi connectivity index (χ0n) is 11.7. The molecular weight excluding hydrogens is 243 g/mol. The van der Waals surface area contributed by atoms with Gasteiger partial charge in [0, 0.05) is 6.54 Å². The quantitative estimate of drug-likeness (QED) is 0.879. The number of carbonyl (C=O) groups is 1. The molecule has 2 atom stereocenters. The van der Waals surface area contributed by atoms with E-state index in [1.807, 2.05) is 6.92 Å². The zero-order valence-corrected chi connectivity index (χ0v) is 11.7. The minimum atomic E-state index is -0.165. The smallest absolute Gasteiger partial charge is 0.224 e. The predicted molar refractivity (Wildman–Crippen MR) is 73.4 cm³/mol. The summed E-state index contributed by atoms with van der Waals surface area (Å²) in [5.74, 6) is -0.0236. The lowest BCUT2D eigenvalue weighted by atomic mass is 10.0. The Kier molecular flexibility index (Phi) is 4.20. The summed E-state index contributed by atoms with van der Waals surface area (Å²) in [5.41, 5.74) is 2.20. The van der Waals surface area contributed by atoms with Gasteiger partial charge < -0.3 is 10.6 Å². The molecule has 1 fully saturated rings. The SMILES string of the molecule is Cc1cc(C(C)NC(=O)C2CCNC2)cc(C)c1F. The first-order valence-electron chi connectivity index (χ1n) is 6.76. The van der Waals surface area contributed by atoms with Gasteiger partial charge in [0.05, 0.1) is 12.0 Å². The molecule has 2 rings (SSSR count). The van der Waals surface area contributed by atoms with Crippen molar-refractivity contribution >= 4 is 5.91 Å². The van der Waals surface area contributed by atoms with Gasteiger partial charge in [-0.15, -0.1) is 0 Å². The van der Waals surface area contributed by atoms with E-state index < -0.39 is 0 Å². The molecule has 19 heavy (non-hydrogen) atoms. The van der Waals surface area contributed by atoms with Crippen LogP contribution in [0.5, 0.6) is 0 Å². The number of carbonyl (C=O) groups excluding carboxylic acids is 1. The summed E-state index contributed by atoms with van der Waals surface area (Å²) in [6.07, 6.45) is 0.889. The predicted octanol–water partition coefficient (Wildman–Crippen LogP) is 2.23. The minimum absolute atomic E-state index is 0.0603. The summed E-state index contributed by atoms with van der Waals surface area (Å²) in [7, 11) is 0. The molecule has 0 aliphatic carbocycles. The summed E-state index contributed by atoms with van der Waals surface area (Å²) in [6.45, 7) is 7.09. The Labute approximate surface area is 113 Å². The van der Waals surface area contributed by atoms with Crippen molar-refractivity contribution in [3.8, 4) is 0 Å². The number of nitrogens with one attached hydrogen (secondary N) is 2. The number of hydrogen-bond donors (Lipinski definition) is 2. The second kappa shape index (κ2) is 5.70. The van der Waals surface area contributed by atoms with E-state index in [0.29, 0.717) is 11.1 Å². The number of benzene rings is 1. The fraction of sp³-hybridized carbons (Fsp3) is 0.533. The van der Waals surface area contributed by atoms with E-state index in [0.717, 1.165) is 25.1 Å². The average molecular weight is 264 g/mol. The summed E-state index contributed by atoms with van der Waals surface area (Å²) in [5, 5.41) is 6.19. The lowest BCUT2D eigenvalue weighted by Crippen LogP contribution is -2.33. The molecular formula is C15H21FN2O. The van der Waals surface area contributed by atoms with Crippen molar-refractivity contribution in [2.75, 3.05) is 13.1 Å². The largest absolute Gasteiger partial charge is 0.349 e. The van der Waals surface area contributed by atoms with Crippen LogP contribution in [0.15, 0.2) is 12.1 Å². The van der Waals surface area contributed by atoms with Crippen LogP contribution in [-0.4, -0.2) is 19.0 Å². The molecule has 1 heterocycles. The number of amides is 1. The molecule has 0 radical (unpaired) electrons. The molecule has 0 bridgehead atoms. The third kappa shape index (κ3) is 3.13. The summed E-state index contributed by atoms with van der Waals surface area (Å²) in [4.78, 5) is 12.0. The Hall–Kier alpha value is -1.42. The van der Waals surface area contributed by atoms with Crippen LogP contribution >= 0.6 is 0 Å². The zero-order chi connectivity index (χ0) is 14.0. The van der Waals surface area contributed by atoms with Gasteiger partial charge in [0.25, 0.3) is 0 Å². The van der Waals surface area contributed by atoms with E-state index in [1.54, 1.807) is 26.0 Å². The van der Waals surface area contributed by atoms with Crippen molar-refractivity contribution in [2.45, 2.75) is 33.2 Å². The molecule has 1 saturated heterocycles. The standard InChI is InChI=1S/C15H21FN2O/c1-9-6-13(7-10(2)14(9)16)11(3)18-15(19)12-4-5-17-8-12/h6-7,11-12,17H,4-5,8H2,1-3H3,(H,18,19).